The second-order valence-electron chi connectivity index (χ2n) is 5.92. The van der Waals surface area contributed by atoms with Gasteiger partial charge in [0.25, 0.3) is 5.91 Å². The number of pyridine rings is 1. The Kier molecular flexibility index (Phi) is 4.11. The number of amides is 2. The predicted molar refractivity (Wildman–Crippen MR) is 80.4 cm³/mol. The molecule has 0 spiro atoms. The molecule has 6 heteroatoms. The fourth-order valence-corrected chi connectivity index (χ4v) is 3.31. The average molecular weight is 303 g/mol. The van der Waals surface area contributed by atoms with E-state index in [4.69, 9.17) is 4.74 Å². The zero-order chi connectivity index (χ0) is 15.7. The molecule has 0 saturated carbocycles. The highest BCUT2D eigenvalue weighted by molar-refractivity contribution is 5.95. The fraction of sp³-hybridized carbons (Fsp3) is 0.562. The number of ether oxygens (including phenoxy) is 1. The van der Waals surface area contributed by atoms with Crippen molar-refractivity contribution in [1.82, 2.24) is 14.8 Å². The van der Waals surface area contributed by atoms with Crippen LogP contribution in [0.5, 0.6) is 0 Å². The number of morpholine rings is 1. The first-order valence-corrected chi connectivity index (χ1v) is 7.66. The second kappa shape index (κ2) is 6.04. The van der Waals surface area contributed by atoms with Crippen LogP contribution in [-0.4, -0.2) is 65.0 Å². The molecule has 1 aromatic rings. The number of hydrogen-bond acceptors (Lipinski definition) is 4. The summed E-state index contributed by atoms with van der Waals surface area (Å²) in [6, 6.07) is 1.80. The number of aromatic nitrogens is 1. The van der Waals surface area contributed by atoms with Gasteiger partial charge in [0.2, 0.25) is 5.91 Å². The Labute approximate surface area is 130 Å². The predicted octanol–water partition coefficient (Wildman–Crippen LogP) is 0.852. The number of aryl methyl sites for hydroxylation is 1. The van der Waals surface area contributed by atoms with Crippen LogP contribution in [0, 0.1) is 6.92 Å². The Hall–Kier alpha value is -1.95. The standard InChI is InChI=1S/C16H21N3O3/c1-11-3-5-17-9-13(11)16(21)18-6-4-15-14(10-18)19(12(2)20)7-8-22-15/h3,5,9,14-15H,4,6-8,10H2,1-2H3/t14-,15-/m1/s1. The number of piperidine rings is 1. The van der Waals surface area contributed by atoms with Gasteiger partial charge in [-0.2, -0.15) is 0 Å². The van der Waals surface area contributed by atoms with E-state index < -0.39 is 0 Å². The van der Waals surface area contributed by atoms with Crippen LogP contribution in [0.2, 0.25) is 0 Å². The third-order valence-corrected chi connectivity index (χ3v) is 4.55. The molecule has 0 unspecified atom stereocenters. The van der Waals surface area contributed by atoms with Crippen molar-refractivity contribution in [3.8, 4) is 0 Å². The van der Waals surface area contributed by atoms with Crippen molar-refractivity contribution in [3.63, 3.8) is 0 Å². The van der Waals surface area contributed by atoms with Crippen molar-refractivity contribution < 1.29 is 14.3 Å². The van der Waals surface area contributed by atoms with Crippen LogP contribution in [0.15, 0.2) is 18.5 Å². The van der Waals surface area contributed by atoms with E-state index in [9.17, 15) is 9.59 Å². The fourth-order valence-electron chi connectivity index (χ4n) is 3.31. The number of carbonyl (C=O) groups is 2. The van der Waals surface area contributed by atoms with Crippen molar-refractivity contribution >= 4 is 11.8 Å². The van der Waals surface area contributed by atoms with Crippen LogP contribution < -0.4 is 0 Å². The first kappa shape index (κ1) is 15.0. The van der Waals surface area contributed by atoms with Crippen molar-refractivity contribution in [3.05, 3.63) is 29.6 Å². The lowest BCUT2D eigenvalue weighted by Crippen LogP contribution is -2.61. The van der Waals surface area contributed by atoms with Gasteiger partial charge in [-0.3, -0.25) is 14.6 Å². The topological polar surface area (TPSA) is 62.7 Å². The monoisotopic (exact) mass is 303 g/mol. The van der Waals surface area contributed by atoms with Crippen LogP contribution >= 0.6 is 0 Å². The molecule has 0 bridgehead atoms. The van der Waals surface area contributed by atoms with Gasteiger partial charge in [0.05, 0.1) is 24.3 Å². The van der Waals surface area contributed by atoms with E-state index in [-0.39, 0.29) is 24.0 Å². The lowest BCUT2D eigenvalue weighted by molar-refractivity contribution is -0.149. The normalized spacial score (nSPS) is 24.8. The maximum atomic E-state index is 12.7. The summed E-state index contributed by atoms with van der Waals surface area (Å²) in [5, 5.41) is 0. The minimum Gasteiger partial charge on any atom is -0.374 e. The molecule has 1 aromatic heterocycles. The Morgan fingerprint density at radius 3 is 2.91 bits per heavy atom. The Balaban J connectivity index is 1.78. The van der Waals surface area contributed by atoms with E-state index in [0.717, 1.165) is 12.0 Å². The number of nitrogens with zero attached hydrogens (tertiary/aromatic N) is 3. The van der Waals surface area contributed by atoms with E-state index in [2.05, 4.69) is 4.98 Å². The quantitative estimate of drug-likeness (QED) is 0.772. The summed E-state index contributed by atoms with van der Waals surface area (Å²) in [6.07, 6.45) is 4.10. The maximum Gasteiger partial charge on any atom is 0.255 e. The van der Waals surface area contributed by atoms with Crippen molar-refractivity contribution in [2.45, 2.75) is 32.4 Å². The summed E-state index contributed by atoms with van der Waals surface area (Å²) in [7, 11) is 0. The van der Waals surface area contributed by atoms with Crippen LogP contribution in [0.25, 0.3) is 0 Å². The molecule has 2 amide bonds. The van der Waals surface area contributed by atoms with E-state index in [1.807, 2.05) is 22.8 Å². The molecule has 2 fully saturated rings. The van der Waals surface area contributed by atoms with Gasteiger partial charge in [0, 0.05) is 39.0 Å². The summed E-state index contributed by atoms with van der Waals surface area (Å²) in [4.78, 5) is 32.2. The Morgan fingerprint density at radius 1 is 1.36 bits per heavy atom. The molecule has 2 atom stereocenters. The van der Waals surface area contributed by atoms with Crippen molar-refractivity contribution in [2.75, 3.05) is 26.2 Å². The van der Waals surface area contributed by atoms with E-state index in [1.165, 1.54) is 0 Å². The highest BCUT2D eigenvalue weighted by atomic mass is 16.5. The number of carbonyl (C=O) groups excluding carboxylic acids is 2. The molecule has 3 rings (SSSR count). The molecule has 0 aromatic carbocycles. The largest absolute Gasteiger partial charge is 0.374 e. The van der Waals surface area contributed by atoms with Crippen LogP contribution in [0.4, 0.5) is 0 Å². The third kappa shape index (κ3) is 2.70. The number of hydrogen-bond donors (Lipinski definition) is 0. The molecule has 3 heterocycles. The molecule has 118 valence electrons. The first-order chi connectivity index (χ1) is 10.6. The minimum absolute atomic E-state index is 0.0156. The van der Waals surface area contributed by atoms with Gasteiger partial charge < -0.3 is 14.5 Å². The molecular formula is C16H21N3O3. The van der Waals surface area contributed by atoms with Gasteiger partial charge in [0.1, 0.15) is 0 Å². The SMILES string of the molecule is CC(=O)N1CCO[C@@H]2CCN(C(=O)c3cnccc3C)C[C@H]21. The van der Waals surface area contributed by atoms with Crippen molar-refractivity contribution in [1.29, 1.82) is 0 Å². The van der Waals surface area contributed by atoms with Crippen LogP contribution in [0.1, 0.15) is 29.3 Å². The Bertz CT molecular complexity index is 590. The van der Waals surface area contributed by atoms with Crippen LogP contribution in [-0.2, 0) is 9.53 Å². The number of likely N-dealkylation sites (tertiary alicyclic amines) is 1. The smallest absolute Gasteiger partial charge is 0.255 e. The maximum absolute atomic E-state index is 12.7. The molecule has 2 aliphatic rings. The van der Waals surface area contributed by atoms with E-state index in [0.29, 0.717) is 31.8 Å². The van der Waals surface area contributed by atoms with Gasteiger partial charge in [-0.15, -0.1) is 0 Å². The van der Waals surface area contributed by atoms with Gasteiger partial charge in [-0.05, 0) is 25.0 Å². The van der Waals surface area contributed by atoms with Crippen molar-refractivity contribution in [2.24, 2.45) is 0 Å². The van der Waals surface area contributed by atoms with E-state index in [1.54, 1.807) is 19.3 Å². The van der Waals surface area contributed by atoms with Gasteiger partial charge >= 0.3 is 0 Å². The summed E-state index contributed by atoms with van der Waals surface area (Å²) in [6.45, 7) is 5.85. The van der Waals surface area contributed by atoms with Crippen LogP contribution in [0.3, 0.4) is 0 Å². The molecule has 0 radical (unpaired) electrons. The zero-order valence-corrected chi connectivity index (χ0v) is 13.0. The summed E-state index contributed by atoms with van der Waals surface area (Å²) in [5.41, 5.74) is 1.55. The molecule has 0 N–H and O–H groups in total. The molecular weight excluding hydrogens is 282 g/mol. The van der Waals surface area contributed by atoms with Gasteiger partial charge in [-0.25, -0.2) is 0 Å². The molecule has 6 nitrogen and oxygen atoms in total. The van der Waals surface area contributed by atoms with Gasteiger partial charge in [0.15, 0.2) is 0 Å². The molecule has 22 heavy (non-hydrogen) atoms. The second-order valence-corrected chi connectivity index (χ2v) is 5.92. The number of fused-ring (bicyclic) bond motifs is 1. The summed E-state index contributed by atoms with van der Waals surface area (Å²) < 4.78 is 5.78. The molecule has 2 saturated heterocycles. The lowest BCUT2D eigenvalue weighted by Gasteiger charge is -2.46. The van der Waals surface area contributed by atoms with Gasteiger partial charge in [-0.1, -0.05) is 0 Å². The first-order valence-electron chi connectivity index (χ1n) is 7.66. The highest BCUT2D eigenvalue weighted by Crippen LogP contribution is 2.24. The summed E-state index contributed by atoms with van der Waals surface area (Å²) in [5.74, 6) is 0.0308. The van der Waals surface area contributed by atoms with E-state index >= 15 is 0 Å². The minimum atomic E-state index is -0.0408. The Morgan fingerprint density at radius 2 is 2.18 bits per heavy atom. The highest BCUT2D eigenvalue weighted by Gasteiger charge is 2.39. The average Bonchev–Trinajstić information content (AvgIpc) is 2.53. The lowest BCUT2D eigenvalue weighted by atomic mass is 9.97. The molecule has 0 aliphatic carbocycles. The summed E-state index contributed by atoms with van der Waals surface area (Å²) >= 11 is 0. The zero-order valence-electron chi connectivity index (χ0n) is 13.0. The third-order valence-electron chi connectivity index (χ3n) is 4.55. The molecule has 2 aliphatic heterocycles. The number of rotatable bonds is 1.